The van der Waals surface area contributed by atoms with Crippen molar-refractivity contribution >= 4 is 17.6 Å². The molecule has 3 rings (SSSR count). The van der Waals surface area contributed by atoms with E-state index in [1.165, 1.54) is 0 Å². The van der Waals surface area contributed by atoms with Crippen LogP contribution in [0.1, 0.15) is 44.9 Å². The number of hydrogen-bond donors (Lipinski definition) is 1. The van der Waals surface area contributed by atoms with E-state index in [9.17, 15) is 9.90 Å². The Balaban J connectivity index is 1.91. The zero-order valence-corrected chi connectivity index (χ0v) is 16.3. The van der Waals surface area contributed by atoms with Gasteiger partial charge in [-0.15, -0.1) is 0 Å². The van der Waals surface area contributed by atoms with E-state index >= 15 is 0 Å². The van der Waals surface area contributed by atoms with Gasteiger partial charge in [0.25, 0.3) is 0 Å². The quantitative estimate of drug-likeness (QED) is 0.873. The highest BCUT2D eigenvalue weighted by molar-refractivity contribution is 6.32. The van der Waals surface area contributed by atoms with Crippen molar-refractivity contribution in [1.82, 2.24) is 14.7 Å². The molecule has 1 unspecified atom stereocenters. The predicted molar refractivity (Wildman–Crippen MR) is 103 cm³/mol. The zero-order chi connectivity index (χ0) is 18.9. The molecule has 2 heterocycles. The van der Waals surface area contributed by atoms with Crippen LogP contribution in [-0.2, 0) is 16.8 Å². The summed E-state index contributed by atoms with van der Waals surface area (Å²) in [6.45, 7) is 8.66. The van der Waals surface area contributed by atoms with Crippen molar-refractivity contribution in [2.24, 2.45) is 5.92 Å². The van der Waals surface area contributed by atoms with Crippen molar-refractivity contribution in [3.63, 3.8) is 0 Å². The Labute approximate surface area is 159 Å². The van der Waals surface area contributed by atoms with E-state index in [0.717, 1.165) is 36.3 Å². The van der Waals surface area contributed by atoms with E-state index in [2.05, 4.69) is 25.7 Å². The Kier molecular flexibility index (Phi) is 5.39. The minimum absolute atomic E-state index is 0.107. The van der Waals surface area contributed by atoms with Crippen LogP contribution in [0.25, 0.3) is 5.69 Å². The summed E-state index contributed by atoms with van der Waals surface area (Å²) >= 11 is 6.34. The number of aromatic nitrogens is 2. The maximum Gasteiger partial charge on any atom is 0.307 e. The molecule has 0 radical (unpaired) electrons. The lowest BCUT2D eigenvalue weighted by Crippen LogP contribution is -2.38. The van der Waals surface area contributed by atoms with Gasteiger partial charge < -0.3 is 5.11 Å². The lowest BCUT2D eigenvalue weighted by Gasteiger charge is -2.31. The highest BCUT2D eigenvalue weighted by Crippen LogP contribution is 2.29. The number of carbonyl (C=O) groups is 1. The number of carboxylic acid groups (broad SMARTS) is 1. The molecule has 0 saturated carbocycles. The third-order valence-corrected chi connectivity index (χ3v) is 5.17. The van der Waals surface area contributed by atoms with E-state index in [1.54, 1.807) is 0 Å². The van der Waals surface area contributed by atoms with E-state index in [-0.39, 0.29) is 11.3 Å². The largest absolute Gasteiger partial charge is 0.481 e. The average molecular weight is 376 g/mol. The number of aliphatic carboxylic acids is 1. The minimum atomic E-state index is -0.697. The van der Waals surface area contributed by atoms with Crippen molar-refractivity contribution in [3.8, 4) is 5.69 Å². The predicted octanol–water partition coefficient (Wildman–Crippen LogP) is 4.12. The second-order valence-electron chi connectivity index (χ2n) is 8.06. The molecule has 1 atom stereocenters. The average Bonchev–Trinajstić information content (AvgIpc) is 2.99. The molecule has 140 valence electrons. The third-order valence-electron chi connectivity index (χ3n) is 4.85. The van der Waals surface area contributed by atoms with Gasteiger partial charge in [0, 0.05) is 30.3 Å². The number of nitrogens with zero attached hydrogens (tertiary/aromatic N) is 3. The van der Waals surface area contributed by atoms with Gasteiger partial charge in [0.15, 0.2) is 0 Å². The van der Waals surface area contributed by atoms with E-state index in [0.29, 0.717) is 18.1 Å². The molecule has 0 amide bonds. The van der Waals surface area contributed by atoms with Crippen molar-refractivity contribution in [1.29, 1.82) is 0 Å². The molecule has 6 heteroatoms. The summed E-state index contributed by atoms with van der Waals surface area (Å²) in [6, 6.07) is 7.66. The van der Waals surface area contributed by atoms with E-state index < -0.39 is 5.97 Å². The SMILES string of the molecule is CC(C)(C)c1nn(-c2ccccc2Cl)cc1CN1CCCC(C(=O)O)C1. The van der Waals surface area contributed by atoms with Gasteiger partial charge in [0.05, 0.1) is 22.3 Å². The molecule has 1 saturated heterocycles. The van der Waals surface area contributed by atoms with Crippen LogP contribution in [0.2, 0.25) is 5.02 Å². The van der Waals surface area contributed by atoms with Gasteiger partial charge in [-0.1, -0.05) is 44.5 Å². The number of hydrogen-bond acceptors (Lipinski definition) is 3. The fourth-order valence-electron chi connectivity index (χ4n) is 3.56. The number of benzene rings is 1. The van der Waals surface area contributed by atoms with Crippen molar-refractivity contribution < 1.29 is 9.90 Å². The van der Waals surface area contributed by atoms with Crippen molar-refractivity contribution in [3.05, 3.63) is 46.7 Å². The first-order valence-electron chi connectivity index (χ1n) is 9.05. The first-order valence-corrected chi connectivity index (χ1v) is 9.42. The van der Waals surface area contributed by atoms with Crippen LogP contribution in [0, 0.1) is 5.92 Å². The lowest BCUT2D eigenvalue weighted by atomic mass is 9.89. The molecular formula is C20H26ClN3O2. The van der Waals surface area contributed by atoms with Gasteiger partial charge in [-0.25, -0.2) is 4.68 Å². The van der Waals surface area contributed by atoms with Crippen LogP contribution in [0.5, 0.6) is 0 Å². The number of piperidine rings is 1. The normalized spacial score (nSPS) is 18.8. The fraction of sp³-hybridized carbons (Fsp3) is 0.500. The molecule has 26 heavy (non-hydrogen) atoms. The summed E-state index contributed by atoms with van der Waals surface area (Å²) in [5.74, 6) is -0.974. The summed E-state index contributed by atoms with van der Waals surface area (Å²) in [5.41, 5.74) is 2.90. The van der Waals surface area contributed by atoms with E-state index in [4.69, 9.17) is 16.7 Å². The summed E-state index contributed by atoms with van der Waals surface area (Å²) in [7, 11) is 0. The van der Waals surface area contributed by atoms with Gasteiger partial charge in [-0.05, 0) is 31.5 Å². The Morgan fingerprint density at radius 1 is 1.35 bits per heavy atom. The Hall–Kier alpha value is -1.85. The summed E-state index contributed by atoms with van der Waals surface area (Å²) in [5, 5.41) is 14.8. The van der Waals surface area contributed by atoms with Crippen LogP contribution in [0.3, 0.4) is 0 Å². The number of carboxylic acids is 1. The molecule has 0 bridgehead atoms. The molecular weight excluding hydrogens is 350 g/mol. The first-order chi connectivity index (χ1) is 12.3. The van der Waals surface area contributed by atoms with E-state index in [1.807, 2.05) is 35.1 Å². The maximum absolute atomic E-state index is 11.3. The second kappa shape index (κ2) is 7.41. The van der Waals surface area contributed by atoms with Gasteiger partial charge in [-0.2, -0.15) is 5.10 Å². The number of para-hydroxylation sites is 1. The maximum atomic E-state index is 11.3. The summed E-state index contributed by atoms with van der Waals surface area (Å²) in [6.07, 6.45) is 3.71. The molecule has 1 aliphatic rings. The Bertz CT molecular complexity index is 795. The molecule has 5 nitrogen and oxygen atoms in total. The summed E-state index contributed by atoms with van der Waals surface area (Å²) in [4.78, 5) is 13.6. The number of rotatable bonds is 4. The number of likely N-dealkylation sites (tertiary alicyclic amines) is 1. The first kappa shape index (κ1) is 18.9. The lowest BCUT2D eigenvalue weighted by molar-refractivity contribution is -0.143. The molecule has 1 fully saturated rings. The molecule has 0 aliphatic carbocycles. The zero-order valence-electron chi connectivity index (χ0n) is 15.6. The molecule has 1 aliphatic heterocycles. The van der Waals surface area contributed by atoms with Crippen LogP contribution >= 0.6 is 11.6 Å². The Morgan fingerprint density at radius 3 is 2.73 bits per heavy atom. The molecule has 1 aromatic heterocycles. The van der Waals surface area contributed by atoms with Crippen LogP contribution in [0.15, 0.2) is 30.5 Å². The standard InChI is InChI=1S/C20H26ClN3O2/c1-20(2,3)18-15(12-23-10-6-7-14(11-23)19(25)26)13-24(22-18)17-9-5-4-8-16(17)21/h4-5,8-9,13-14H,6-7,10-12H2,1-3H3,(H,25,26). The fourth-order valence-corrected chi connectivity index (χ4v) is 3.78. The van der Waals surface area contributed by atoms with Gasteiger partial charge in [0.1, 0.15) is 0 Å². The topological polar surface area (TPSA) is 58.4 Å². The van der Waals surface area contributed by atoms with Gasteiger partial charge in [-0.3, -0.25) is 9.69 Å². The molecule has 1 aromatic carbocycles. The van der Waals surface area contributed by atoms with Crippen molar-refractivity contribution in [2.45, 2.75) is 45.6 Å². The monoisotopic (exact) mass is 375 g/mol. The van der Waals surface area contributed by atoms with Gasteiger partial charge >= 0.3 is 5.97 Å². The third kappa shape index (κ3) is 4.10. The number of halogens is 1. The summed E-state index contributed by atoms with van der Waals surface area (Å²) < 4.78 is 1.84. The van der Waals surface area contributed by atoms with Crippen LogP contribution in [-0.4, -0.2) is 38.8 Å². The van der Waals surface area contributed by atoms with Crippen LogP contribution < -0.4 is 0 Å². The van der Waals surface area contributed by atoms with Crippen LogP contribution in [0.4, 0.5) is 0 Å². The highest BCUT2D eigenvalue weighted by Gasteiger charge is 2.28. The Morgan fingerprint density at radius 2 is 2.08 bits per heavy atom. The smallest absolute Gasteiger partial charge is 0.307 e. The highest BCUT2D eigenvalue weighted by atomic mass is 35.5. The molecule has 1 N–H and O–H groups in total. The van der Waals surface area contributed by atoms with Crippen molar-refractivity contribution in [2.75, 3.05) is 13.1 Å². The molecule has 2 aromatic rings. The van der Waals surface area contributed by atoms with Gasteiger partial charge in [0.2, 0.25) is 0 Å². The molecule has 0 spiro atoms. The second-order valence-corrected chi connectivity index (χ2v) is 8.47. The minimum Gasteiger partial charge on any atom is -0.481 e.